The summed E-state index contributed by atoms with van der Waals surface area (Å²) in [6.07, 6.45) is 5.68. The topological polar surface area (TPSA) is 101 Å². The Balaban J connectivity index is 2.05. The molecule has 138 valence electrons. The van der Waals surface area contributed by atoms with Crippen molar-refractivity contribution in [2.24, 2.45) is 5.10 Å². The van der Waals surface area contributed by atoms with Gasteiger partial charge in [0.15, 0.2) is 0 Å². The van der Waals surface area contributed by atoms with Crippen LogP contribution in [0, 0.1) is 0 Å². The van der Waals surface area contributed by atoms with Crippen LogP contribution >= 0.6 is 0 Å². The smallest absolute Gasteiger partial charge is 0.260 e. The molecule has 0 saturated carbocycles. The Labute approximate surface area is 152 Å². The fourth-order valence-electron chi connectivity index (χ4n) is 2.07. The Hall–Kier alpha value is -2.94. The minimum Gasteiger partial charge on any atom is -0.494 e. The van der Waals surface area contributed by atoms with Crippen LogP contribution in [0.4, 0.5) is 5.69 Å². The van der Waals surface area contributed by atoms with E-state index in [1.165, 1.54) is 6.21 Å². The Kier molecular flexibility index (Phi) is 6.67. The number of ether oxygens (including phenoxy) is 1. The number of pyridine rings is 1. The third kappa shape index (κ3) is 5.85. The lowest BCUT2D eigenvalue weighted by Crippen LogP contribution is -2.39. The maximum Gasteiger partial charge on any atom is 0.260 e. The maximum absolute atomic E-state index is 12.1. The van der Waals surface area contributed by atoms with E-state index < -0.39 is 15.9 Å². The van der Waals surface area contributed by atoms with Gasteiger partial charge in [0.05, 0.1) is 24.8 Å². The molecule has 9 heteroatoms. The second-order valence-electron chi connectivity index (χ2n) is 5.27. The summed E-state index contributed by atoms with van der Waals surface area (Å²) in [6, 6.07) is 9.91. The number of hydrazone groups is 1. The van der Waals surface area contributed by atoms with Gasteiger partial charge < -0.3 is 4.74 Å². The summed E-state index contributed by atoms with van der Waals surface area (Å²) in [6.45, 7) is 1.97. The molecular formula is C17H20N4O4S. The Morgan fingerprint density at radius 2 is 1.88 bits per heavy atom. The molecule has 0 saturated heterocycles. The Bertz CT molecular complexity index is 852. The predicted octanol–water partition coefficient (Wildman–Crippen LogP) is 1.40. The van der Waals surface area contributed by atoms with Crippen molar-refractivity contribution < 1.29 is 17.9 Å². The number of nitrogens with one attached hydrogen (secondary N) is 1. The van der Waals surface area contributed by atoms with Gasteiger partial charge in [-0.3, -0.25) is 14.1 Å². The van der Waals surface area contributed by atoms with Gasteiger partial charge in [-0.2, -0.15) is 5.10 Å². The number of anilines is 1. The predicted molar refractivity (Wildman–Crippen MR) is 99.8 cm³/mol. The number of hydrogen-bond donors (Lipinski definition) is 1. The minimum absolute atomic E-state index is 0.365. The van der Waals surface area contributed by atoms with Crippen LogP contribution in [-0.4, -0.2) is 44.9 Å². The molecule has 0 unspecified atom stereocenters. The van der Waals surface area contributed by atoms with Crippen molar-refractivity contribution in [2.75, 3.05) is 23.7 Å². The van der Waals surface area contributed by atoms with Gasteiger partial charge in [0.25, 0.3) is 5.91 Å². The first-order chi connectivity index (χ1) is 12.4. The van der Waals surface area contributed by atoms with Crippen LogP contribution in [0.3, 0.4) is 0 Å². The van der Waals surface area contributed by atoms with Crippen molar-refractivity contribution in [1.82, 2.24) is 10.4 Å². The molecule has 1 heterocycles. The second kappa shape index (κ2) is 8.95. The molecule has 1 aromatic heterocycles. The summed E-state index contributed by atoms with van der Waals surface area (Å²) in [5.74, 6) is 0.0609. The first-order valence-corrected chi connectivity index (χ1v) is 9.67. The summed E-state index contributed by atoms with van der Waals surface area (Å²) in [5.41, 5.74) is 3.44. The van der Waals surface area contributed by atoms with Gasteiger partial charge >= 0.3 is 0 Å². The molecule has 0 aliphatic heterocycles. The molecular weight excluding hydrogens is 356 g/mol. The molecule has 0 spiro atoms. The van der Waals surface area contributed by atoms with Crippen molar-refractivity contribution in [3.05, 3.63) is 54.4 Å². The van der Waals surface area contributed by atoms with Gasteiger partial charge in [-0.15, -0.1) is 0 Å². The number of sulfonamides is 1. The molecule has 0 aliphatic carbocycles. The number of aromatic nitrogens is 1. The molecule has 0 radical (unpaired) electrons. The van der Waals surface area contributed by atoms with Gasteiger partial charge in [-0.05, 0) is 48.9 Å². The average Bonchev–Trinajstić information content (AvgIpc) is 2.61. The van der Waals surface area contributed by atoms with Gasteiger partial charge in [0.2, 0.25) is 10.0 Å². The molecule has 2 rings (SSSR count). The Morgan fingerprint density at radius 1 is 1.23 bits per heavy atom. The van der Waals surface area contributed by atoms with E-state index in [4.69, 9.17) is 4.74 Å². The van der Waals surface area contributed by atoms with Gasteiger partial charge in [0.1, 0.15) is 12.3 Å². The molecule has 2 aromatic rings. The van der Waals surface area contributed by atoms with E-state index in [-0.39, 0.29) is 6.54 Å². The zero-order valence-electron chi connectivity index (χ0n) is 14.5. The van der Waals surface area contributed by atoms with Crippen molar-refractivity contribution in [3.63, 3.8) is 0 Å². The highest BCUT2D eigenvalue weighted by molar-refractivity contribution is 7.92. The monoisotopic (exact) mass is 376 g/mol. The van der Waals surface area contributed by atoms with E-state index in [9.17, 15) is 13.2 Å². The normalized spacial score (nSPS) is 11.3. The van der Waals surface area contributed by atoms with Gasteiger partial charge in [-0.25, -0.2) is 13.8 Å². The van der Waals surface area contributed by atoms with Crippen LogP contribution in [0.2, 0.25) is 0 Å². The molecule has 0 atom stereocenters. The van der Waals surface area contributed by atoms with Crippen LogP contribution in [-0.2, 0) is 14.8 Å². The van der Waals surface area contributed by atoms with Crippen molar-refractivity contribution in [2.45, 2.75) is 6.92 Å². The lowest BCUT2D eigenvalue weighted by atomic mass is 10.3. The van der Waals surface area contributed by atoms with E-state index in [0.717, 1.165) is 16.1 Å². The number of carbonyl (C=O) groups is 1. The van der Waals surface area contributed by atoms with E-state index in [0.29, 0.717) is 18.0 Å². The van der Waals surface area contributed by atoms with E-state index in [2.05, 4.69) is 15.5 Å². The van der Waals surface area contributed by atoms with Crippen molar-refractivity contribution >= 4 is 27.8 Å². The number of hydrogen-bond acceptors (Lipinski definition) is 6. The fourth-order valence-corrected chi connectivity index (χ4v) is 2.93. The largest absolute Gasteiger partial charge is 0.494 e. The summed E-state index contributed by atoms with van der Waals surface area (Å²) in [5, 5.41) is 3.81. The lowest BCUT2D eigenvalue weighted by molar-refractivity contribution is -0.119. The zero-order chi connectivity index (χ0) is 19.0. The van der Waals surface area contributed by atoms with Gasteiger partial charge in [-0.1, -0.05) is 0 Å². The van der Waals surface area contributed by atoms with E-state index >= 15 is 0 Å². The highest BCUT2D eigenvalue weighted by atomic mass is 32.2. The molecule has 1 N–H and O–H groups in total. The number of carbonyl (C=O) groups excluding carboxylic acids is 1. The van der Waals surface area contributed by atoms with E-state index in [1.807, 2.05) is 6.92 Å². The molecule has 0 bridgehead atoms. The average molecular weight is 376 g/mol. The standard InChI is InChI=1S/C17H20N4O4S/c1-3-25-16-6-4-15(5-7-16)21(26(2,23)24)13-17(22)20-19-12-14-8-10-18-11-9-14/h4-12H,3,13H2,1-2H3,(H,20,22). The third-order valence-electron chi connectivity index (χ3n) is 3.23. The van der Waals surface area contributed by atoms with Gasteiger partial charge in [0, 0.05) is 12.4 Å². The summed E-state index contributed by atoms with van der Waals surface area (Å²) < 4.78 is 30.4. The van der Waals surface area contributed by atoms with Crippen molar-refractivity contribution in [3.8, 4) is 5.75 Å². The highest BCUT2D eigenvalue weighted by Crippen LogP contribution is 2.21. The first kappa shape index (κ1) is 19.4. The SMILES string of the molecule is CCOc1ccc(N(CC(=O)NN=Cc2ccncc2)S(C)(=O)=O)cc1. The van der Waals surface area contributed by atoms with Crippen LogP contribution in [0.25, 0.3) is 0 Å². The minimum atomic E-state index is -3.64. The van der Waals surface area contributed by atoms with E-state index in [1.54, 1.807) is 48.8 Å². The summed E-state index contributed by atoms with van der Waals surface area (Å²) >= 11 is 0. The first-order valence-electron chi connectivity index (χ1n) is 7.82. The Morgan fingerprint density at radius 3 is 2.46 bits per heavy atom. The van der Waals surface area contributed by atoms with Crippen molar-refractivity contribution in [1.29, 1.82) is 0 Å². The molecule has 0 aliphatic rings. The molecule has 26 heavy (non-hydrogen) atoms. The maximum atomic E-state index is 12.1. The van der Waals surface area contributed by atoms with Crippen LogP contribution in [0.1, 0.15) is 12.5 Å². The molecule has 1 aromatic carbocycles. The third-order valence-corrected chi connectivity index (χ3v) is 4.37. The lowest BCUT2D eigenvalue weighted by Gasteiger charge is -2.21. The van der Waals surface area contributed by atoms with Crippen LogP contribution < -0.4 is 14.5 Å². The number of amides is 1. The van der Waals surface area contributed by atoms with Crippen LogP contribution in [0.15, 0.2) is 53.9 Å². The molecule has 8 nitrogen and oxygen atoms in total. The molecule has 1 amide bonds. The fraction of sp³-hybridized carbons (Fsp3) is 0.235. The second-order valence-corrected chi connectivity index (χ2v) is 7.18. The number of rotatable bonds is 8. The quantitative estimate of drug-likeness (QED) is 0.554. The van der Waals surface area contributed by atoms with Crippen LogP contribution in [0.5, 0.6) is 5.75 Å². The number of nitrogens with zero attached hydrogens (tertiary/aromatic N) is 3. The number of benzene rings is 1. The summed E-state index contributed by atoms with van der Waals surface area (Å²) in [4.78, 5) is 15.9. The summed E-state index contributed by atoms with van der Waals surface area (Å²) in [7, 11) is -3.64. The highest BCUT2D eigenvalue weighted by Gasteiger charge is 2.20. The molecule has 0 fully saturated rings. The zero-order valence-corrected chi connectivity index (χ0v) is 15.3.